The minimum Gasteiger partial charge on any atom is -0.497 e. The van der Waals surface area contributed by atoms with E-state index >= 15 is 0 Å². The molecule has 0 spiro atoms. The Balaban J connectivity index is 1.83. The van der Waals surface area contributed by atoms with Gasteiger partial charge in [0.05, 0.1) is 12.0 Å². The maximum atomic E-state index is 13.3. The highest BCUT2D eigenvalue weighted by atomic mass is 32.2. The highest BCUT2D eigenvalue weighted by molar-refractivity contribution is 7.91. The van der Waals surface area contributed by atoms with Crippen LogP contribution in [0.3, 0.4) is 0 Å². The molecule has 6 nitrogen and oxygen atoms in total. The number of sulfone groups is 1. The molecule has 31 heavy (non-hydrogen) atoms. The number of rotatable bonds is 6. The number of aromatic nitrogens is 1. The van der Waals surface area contributed by atoms with E-state index in [1.807, 2.05) is 0 Å². The van der Waals surface area contributed by atoms with Crippen molar-refractivity contribution in [1.29, 1.82) is 0 Å². The number of hydrogen-bond acceptors (Lipinski definition) is 6. The molecular formula is C22H16F2N2O4S. The molecule has 1 aromatic heterocycles. The van der Waals surface area contributed by atoms with Gasteiger partial charge in [0.2, 0.25) is 26.6 Å². The van der Waals surface area contributed by atoms with Crippen LogP contribution in [0.1, 0.15) is 0 Å². The summed E-state index contributed by atoms with van der Waals surface area (Å²) < 4.78 is 63.9. The van der Waals surface area contributed by atoms with Crippen molar-refractivity contribution in [2.45, 2.75) is 9.92 Å². The number of nitrogens with one attached hydrogen (secondary N) is 1. The lowest BCUT2D eigenvalue weighted by atomic mass is 10.2. The Bertz CT molecular complexity index is 1320. The molecule has 0 saturated heterocycles. The molecule has 0 unspecified atom stereocenters. The van der Waals surface area contributed by atoms with Gasteiger partial charge in [0.1, 0.15) is 17.4 Å². The SMILES string of the molecule is COc1cccc(Nc2oc(-c3ccc(F)cc3)nc2S(=O)(=O)c2ccc(F)cc2)c1. The fraction of sp³-hybridized carbons (Fsp3) is 0.0455. The van der Waals surface area contributed by atoms with Gasteiger partial charge in [-0.1, -0.05) is 6.07 Å². The van der Waals surface area contributed by atoms with E-state index in [-0.39, 0.29) is 21.7 Å². The van der Waals surface area contributed by atoms with Gasteiger partial charge in [-0.15, -0.1) is 0 Å². The fourth-order valence-corrected chi connectivity index (χ4v) is 4.10. The van der Waals surface area contributed by atoms with E-state index in [2.05, 4.69) is 10.3 Å². The lowest BCUT2D eigenvalue weighted by Gasteiger charge is -2.07. The maximum absolute atomic E-state index is 13.3. The van der Waals surface area contributed by atoms with Gasteiger partial charge in [-0.3, -0.25) is 0 Å². The van der Waals surface area contributed by atoms with Crippen LogP contribution < -0.4 is 10.1 Å². The van der Waals surface area contributed by atoms with Crippen molar-refractivity contribution in [2.75, 3.05) is 12.4 Å². The number of ether oxygens (including phenoxy) is 1. The van der Waals surface area contributed by atoms with Crippen LogP contribution in [0.2, 0.25) is 0 Å². The van der Waals surface area contributed by atoms with Gasteiger partial charge < -0.3 is 14.5 Å². The van der Waals surface area contributed by atoms with Crippen molar-refractivity contribution in [3.8, 4) is 17.2 Å². The third-order valence-corrected chi connectivity index (χ3v) is 6.07. The van der Waals surface area contributed by atoms with Crippen LogP contribution in [-0.2, 0) is 9.84 Å². The molecule has 0 bridgehead atoms. The second kappa shape index (κ2) is 8.19. The van der Waals surface area contributed by atoms with Crippen LogP contribution >= 0.6 is 0 Å². The zero-order valence-corrected chi connectivity index (χ0v) is 17.0. The second-order valence-electron chi connectivity index (χ2n) is 6.47. The summed E-state index contributed by atoms with van der Waals surface area (Å²) in [6.07, 6.45) is 0. The van der Waals surface area contributed by atoms with E-state index in [9.17, 15) is 17.2 Å². The Kier molecular flexibility index (Phi) is 5.43. The van der Waals surface area contributed by atoms with Gasteiger partial charge in [-0.25, -0.2) is 17.2 Å². The maximum Gasteiger partial charge on any atom is 0.238 e. The van der Waals surface area contributed by atoms with Crippen LogP contribution in [0.4, 0.5) is 20.4 Å². The monoisotopic (exact) mass is 442 g/mol. The van der Waals surface area contributed by atoms with Crippen molar-refractivity contribution in [1.82, 2.24) is 4.98 Å². The zero-order chi connectivity index (χ0) is 22.0. The van der Waals surface area contributed by atoms with E-state index in [4.69, 9.17) is 9.15 Å². The number of hydrogen-bond donors (Lipinski definition) is 1. The number of benzene rings is 3. The first-order valence-corrected chi connectivity index (χ1v) is 10.5. The van der Waals surface area contributed by atoms with Crippen molar-refractivity contribution < 1.29 is 26.4 Å². The third-order valence-electron chi connectivity index (χ3n) is 4.39. The number of oxazole rings is 1. The quantitative estimate of drug-likeness (QED) is 0.413. The Morgan fingerprint density at radius 2 is 1.58 bits per heavy atom. The Hall–Kier alpha value is -3.72. The zero-order valence-electron chi connectivity index (χ0n) is 16.2. The Labute approximate surface area is 177 Å². The molecule has 1 N–H and O–H groups in total. The summed E-state index contributed by atoms with van der Waals surface area (Å²) in [5, 5.41) is 2.51. The molecule has 3 aromatic carbocycles. The molecule has 0 aliphatic carbocycles. The molecule has 1 heterocycles. The first-order chi connectivity index (χ1) is 14.9. The molecule has 0 fully saturated rings. The number of methoxy groups -OCH3 is 1. The van der Waals surface area contributed by atoms with Crippen LogP contribution in [-0.4, -0.2) is 20.5 Å². The van der Waals surface area contributed by atoms with E-state index < -0.39 is 21.5 Å². The van der Waals surface area contributed by atoms with Gasteiger partial charge in [0.25, 0.3) is 0 Å². The van der Waals surface area contributed by atoms with E-state index in [1.54, 1.807) is 24.3 Å². The summed E-state index contributed by atoms with van der Waals surface area (Å²) in [7, 11) is -2.65. The molecule has 0 aliphatic rings. The number of anilines is 2. The molecule has 0 saturated carbocycles. The predicted octanol–water partition coefficient (Wildman–Crippen LogP) is 5.20. The summed E-state index contributed by atoms with van der Waals surface area (Å²) in [5.41, 5.74) is 0.882. The normalized spacial score (nSPS) is 11.3. The van der Waals surface area contributed by atoms with Gasteiger partial charge in [-0.05, 0) is 60.7 Å². The second-order valence-corrected chi connectivity index (χ2v) is 8.34. The lowest BCUT2D eigenvalue weighted by Crippen LogP contribution is -2.05. The van der Waals surface area contributed by atoms with Gasteiger partial charge in [0.15, 0.2) is 0 Å². The number of nitrogens with zero attached hydrogens (tertiary/aromatic N) is 1. The minimum absolute atomic E-state index is 0.0221. The van der Waals surface area contributed by atoms with Gasteiger partial charge in [-0.2, -0.15) is 4.98 Å². The van der Waals surface area contributed by atoms with Gasteiger partial charge >= 0.3 is 0 Å². The summed E-state index contributed by atoms with van der Waals surface area (Å²) in [6, 6.07) is 16.4. The topological polar surface area (TPSA) is 81.4 Å². The largest absolute Gasteiger partial charge is 0.497 e. The Morgan fingerprint density at radius 3 is 2.23 bits per heavy atom. The third kappa shape index (κ3) is 4.26. The van der Waals surface area contributed by atoms with Crippen LogP contribution in [0.25, 0.3) is 11.5 Å². The first kappa shape index (κ1) is 20.5. The van der Waals surface area contributed by atoms with E-state index in [0.717, 1.165) is 24.3 Å². The summed E-state index contributed by atoms with van der Waals surface area (Å²) in [6.45, 7) is 0. The molecule has 0 amide bonds. The van der Waals surface area contributed by atoms with Gasteiger partial charge in [0, 0.05) is 17.3 Å². The molecule has 0 radical (unpaired) electrons. The van der Waals surface area contributed by atoms with Crippen molar-refractivity contribution in [2.24, 2.45) is 0 Å². The highest BCUT2D eigenvalue weighted by Gasteiger charge is 2.29. The van der Waals surface area contributed by atoms with Crippen molar-refractivity contribution in [3.05, 3.63) is 84.4 Å². The molecule has 0 atom stereocenters. The van der Waals surface area contributed by atoms with Crippen LogP contribution in [0, 0.1) is 11.6 Å². The average molecular weight is 442 g/mol. The van der Waals surface area contributed by atoms with Crippen molar-refractivity contribution in [3.63, 3.8) is 0 Å². The number of halogens is 2. The molecule has 9 heteroatoms. The smallest absolute Gasteiger partial charge is 0.238 e. The first-order valence-electron chi connectivity index (χ1n) is 9.05. The lowest BCUT2D eigenvalue weighted by molar-refractivity contribution is 0.415. The molecule has 4 aromatic rings. The fourth-order valence-electron chi connectivity index (χ4n) is 2.84. The highest BCUT2D eigenvalue weighted by Crippen LogP contribution is 2.34. The van der Waals surface area contributed by atoms with E-state index in [1.165, 1.54) is 31.4 Å². The Morgan fingerprint density at radius 1 is 0.935 bits per heavy atom. The minimum atomic E-state index is -4.16. The summed E-state index contributed by atoms with van der Waals surface area (Å²) in [5.74, 6) is -0.640. The molecule has 158 valence electrons. The molecular weight excluding hydrogens is 426 g/mol. The average Bonchev–Trinajstić information content (AvgIpc) is 3.19. The summed E-state index contributed by atoms with van der Waals surface area (Å²) >= 11 is 0. The van der Waals surface area contributed by atoms with Crippen LogP contribution in [0.5, 0.6) is 5.75 Å². The van der Waals surface area contributed by atoms with E-state index in [0.29, 0.717) is 17.0 Å². The molecule has 0 aliphatic heterocycles. The standard InChI is InChI=1S/C22H16F2N2O4S/c1-29-18-4-2-3-17(13-18)25-21-22(31(27,28)19-11-9-16(24)10-12-19)26-20(30-21)14-5-7-15(23)8-6-14/h2-13,25H,1H3. The molecule has 4 rings (SSSR count). The summed E-state index contributed by atoms with van der Waals surface area (Å²) in [4.78, 5) is 4.00. The van der Waals surface area contributed by atoms with Crippen molar-refractivity contribution >= 4 is 21.4 Å². The predicted molar refractivity (Wildman–Crippen MR) is 110 cm³/mol. The van der Waals surface area contributed by atoms with Crippen LogP contribution in [0.15, 0.2) is 87.1 Å².